The highest BCUT2D eigenvalue weighted by molar-refractivity contribution is 7.87. The molecule has 0 heterocycles. The van der Waals surface area contributed by atoms with Gasteiger partial charge in [-0.1, -0.05) is 0 Å². The Labute approximate surface area is 183 Å². The van der Waals surface area contributed by atoms with Crippen LogP contribution in [0.1, 0.15) is 11.1 Å². The molecule has 2 aromatic carbocycles. The van der Waals surface area contributed by atoms with Gasteiger partial charge in [-0.25, -0.2) is 0 Å². The Morgan fingerprint density at radius 2 is 1.06 bits per heavy atom. The van der Waals surface area contributed by atoms with Gasteiger partial charge < -0.3 is 0 Å². The van der Waals surface area contributed by atoms with E-state index in [-0.39, 0.29) is 11.1 Å². The quantitative estimate of drug-likeness (QED) is 0.213. The lowest BCUT2D eigenvalue weighted by Gasteiger charge is -2.18. The molecule has 0 saturated carbocycles. The molecule has 2 aromatic rings. The monoisotopic (exact) mass is 532 g/mol. The van der Waals surface area contributed by atoms with Crippen LogP contribution in [-0.4, -0.2) is 51.9 Å². The molecule has 0 amide bonds. The van der Waals surface area contributed by atoms with Crippen molar-refractivity contribution in [2.75, 3.05) is 10.9 Å². The van der Waals surface area contributed by atoms with Crippen molar-refractivity contribution in [1.29, 1.82) is 0 Å². The van der Waals surface area contributed by atoms with Gasteiger partial charge in [0.2, 0.25) is 0 Å². The molecule has 0 spiro atoms. The first-order valence-electron chi connectivity index (χ1n) is 7.94. The summed E-state index contributed by atoms with van der Waals surface area (Å²) in [6.45, 7) is 2.29. The number of hydrazine groups is 1. The number of hydrogen-bond acceptors (Lipinski definition) is 10. The summed E-state index contributed by atoms with van der Waals surface area (Å²) in [4.78, 5) is -3.54. The van der Waals surface area contributed by atoms with Crippen molar-refractivity contribution in [1.82, 2.24) is 0 Å². The van der Waals surface area contributed by atoms with Crippen LogP contribution >= 0.6 is 0 Å². The van der Waals surface area contributed by atoms with Gasteiger partial charge >= 0.3 is 0 Å². The molecule has 0 unspecified atom stereocenters. The molecule has 18 heteroatoms. The minimum Gasteiger partial charge on any atom is -0.299 e. The van der Waals surface area contributed by atoms with Crippen LogP contribution < -0.4 is 10.9 Å². The molecule has 14 nitrogen and oxygen atoms in total. The third-order valence-electron chi connectivity index (χ3n) is 4.00. The summed E-state index contributed by atoms with van der Waals surface area (Å²) in [6.07, 6.45) is 0. The zero-order valence-electron chi connectivity index (χ0n) is 16.0. The fraction of sp³-hybridized carbons (Fsp3) is 0.143. The van der Waals surface area contributed by atoms with Gasteiger partial charge in [0.25, 0.3) is 40.5 Å². The second-order valence-electron chi connectivity index (χ2n) is 6.38. The first-order valence-corrected chi connectivity index (χ1v) is 13.7. The highest BCUT2D eigenvalue weighted by Crippen LogP contribution is 2.32. The zero-order chi connectivity index (χ0) is 24.9. The van der Waals surface area contributed by atoms with Gasteiger partial charge in [0.1, 0.15) is 9.79 Å². The van der Waals surface area contributed by atoms with Gasteiger partial charge in [0.15, 0.2) is 0 Å². The number of hydrogen-bond donors (Lipinski definition) is 6. The molecule has 0 bridgehead atoms. The fourth-order valence-corrected chi connectivity index (χ4v) is 5.48. The van der Waals surface area contributed by atoms with E-state index in [4.69, 9.17) is 4.55 Å². The fourth-order valence-electron chi connectivity index (χ4n) is 2.62. The average molecular weight is 533 g/mol. The van der Waals surface area contributed by atoms with E-state index in [2.05, 4.69) is 10.9 Å². The Kier molecular flexibility index (Phi) is 6.67. The molecule has 0 atom stereocenters. The molecule has 0 aromatic heterocycles. The summed E-state index contributed by atoms with van der Waals surface area (Å²) < 4.78 is 130. The lowest BCUT2D eigenvalue weighted by Crippen LogP contribution is -2.18. The zero-order valence-corrected chi connectivity index (χ0v) is 19.3. The van der Waals surface area contributed by atoms with Gasteiger partial charge in [0.05, 0.1) is 21.2 Å². The standard InChI is InChI=1S/C14H16N2O12S4/c1-7-4-12(31(23,24)25)10(6-11(7)30(20,21)22)15-16-14-8(2)3-9(29(17,18)19)5-13(14)32(26,27)28/h3-6,15-16H,1-2H3,(H,17,18,19)(H,20,21,22)(H,23,24,25)(H,26,27,28). The van der Waals surface area contributed by atoms with E-state index >= 15 is 0 Å². The van der Waals surface area contributed by atoms with Crippen LogP contribution in [0.5, 0.6) is 0 Å². The van der Waals surface area contributed by atoms with Crippen molar-refractivity contribution in [3.05, 3.63) is 35.4 Å². The molecule has 0 fully saturated rings. The smallest absolute Gasteiger partial charge is 0.296 e. The van der Waals surface area contributed by atoms with Crippen LogP contribution in [0.25, 0.3) is 0 Å². The van der Waals surface area contributed by atoms with Gasteiger partial charge in [0, 0.05) is 0 Å². The highest BCUT2D eigenvalue weighted by Gasteiger charge is 2.25. The van der Waals surface area contributed by atoms with Crippen molar-refractivity contribution in [3.63, 3.8) is 0 Å². The molecule has 0 aliphatic rings. The number of benzene rings is 2. The lowest BCUT2D eigenvalue weighted by molar-refractivity contribution is 0.478. The minimum absolute atomic E-state index is 0.184. The molecule has 2 rings (SSSR count). The van der Waals surface area contributed by atoms with Crippen molar-refractivity contribution < 1.29 is 51.9 Å². The maximum Gasteiger partial charge on any atom is 0.296 e. The van der Waals surface area contributed by atoms with Crippen LogP contribution in [0.4, 0.5) is 11.4 Å². The van der Waals surface area contributed by atoms with Gasteiger partial charge in [-0.05, 0) is 49.2 Å². The number of aryl methyl sites for hydroxylation is 2. The van der Waals surface area contributed by atoms with E-state index < -0.39 is 71.4 Å². The van der Waals surface area contributed by atoms with E-state index in [1.165, 1.54) is 0 Å². The Morgan fingerprint density at radius 3 is 1.50 bits per heavy atom. The van der Waals surface area contributed by atoms with Crippen LogP contribution in [0.2, 0.25) is 0 Å². The SMILES string of the molecule is Cc1cc(S(=O)(=O)O)c(NNc2c(C)cc(S(=O)(=O)O)cc2S(=O)(=O)O)cc1S(=O)(=O)O. The maximum absolute atomic E-state index is 11.7. The predicted octanol–water partition coefficient (Wildman–Crippen LogP) is 0.729. The Morgan fingerprint density at radius 1 is 0.562 bits per heavy atom. The Bertz CT molecular complexity index is 1530. The molecule has 0 aliphatic carbocycles. The molecule has 32 heavy (non-hydrogen) atoms. The third-order valence-corrected chi connectivity index (χ3v) is 7.60. The molecular weight excluding hydrogens is 516 g/mol. The summed E-state index contributed by atoms with van der Waals surface area (Å²) in [5.74, 6) is 0. The number of anilines is 2. The molecule has 6 N–H and O–H groups in total. The van der Waals surface area contributed by atoms with E-state index in [1.54, 1.807) is 0 Å². The van der Waals surface area contributed by atoms with Crippen molar-refractivity contribution in [3.8, 4) is 0 Å². The molecule has 178 valence electrons. The summed E-state index contributed by atoms with van der Waals surface area (Å²) >= 11 is 0. The first kappa shape index (κ1) is 25.9. The van der Waals surface area contributed by atoms with Crippen LogP contribution in [-0.2, 0) is 40.5 Å². The van der Waals surface area contributed by atoms with Crippen molar-refractivity contribution >= 4 is 51.8 Å². The summed E-state index contributed by atoms with van der Waals surface area (Å²) in [5, 5.41) is 0. The largest absolute Gasteiger partial charge is 0.299 e. The first-order chi connectivity index (χ1) is 14.2. The van der Waals surface area contributed by atoms with Crippen LogP contribution in [0.3, 0.4) is 0 Å². The van der Waals surface area contributed by atoms with Crippen LogP contribution in [0.15, 0.2) is 43.8 Å². The van der Waals surface area contributed by atoms with Crippen molar-refractivity contribution in [2.45, 2.75) is 33.4 Å². The topological polar surface area (TPSA) is 242 Å². The predicted molar refractivity (Wildman–Crippen MR) is 109 cm³/mol. The second-order valence-corrected chi connectivity index (χ2v) is 12.0. The lowest BCUT2D eigenvalue weighted by atomic mass is 10.2. The van der Waals surface area contributed by atoms with E-state index in [9.17, 15) is 47.3 Å². The maximum atomic E-state index is 11.7. The summed E-state index contributed by atoms with van der Waals surface area (Å²) in [5.41, 5.74) is 2.69. The van der Waals surface area contributed by atoms with Crippen molar-refractivity contribution in [2.24, 2.45) is 0 Å². The Hall–Kier alpha value is -2.32. The summed E-state index contributed by atoms with van der Waals surface area (Å²) in [7, 11) is -19.8. The van der Waals surface area contributed by atoms with Gasteiger partial charge in [-0.2, -0.15) is 33.7 Å². The molecule has 0 radical (unpaired) electrons. The minimum atomic E-state index is -5.10. The van der Waals surface area contributed by atoms with E-state index in [0.717, 1.165) is 19.9 Å². The average Bonchev–Trinajstić information content (AvgIpc) is 2.57. The van der Waals surface area contributed by atoms with Gasteiger partial charge in [-0.3, -0.25) is 29.1 Å². The van der Waals surface area contributed by atoms with E-state index in [0.29, 0.717) is 18.2 Å². The highest BCUT2D eigenvalue weighted by atomic mass is 32.2. The normalized spacial score (nSPS) is 13.1. The third kappa shape index (κ3) is 5.72. The summed E-state index contributed by atoms with van der Waals surface area (Å²) in [6, 6.07) is 2.55. The van der Waals surface area contributed by atoms with Crippen LogP contribution in [0, 0.1) is 13.8 Å². The molecular formula is C14H16N2O12S4. The molecule has 0 saturated heterocycles. The Balaban J connectivity index is 2.71. The number of rotatable bonds is 7. The second kappa shape index (κ2) is 8.23. The molecule has 0 aliphatic heterocycles. The van der Waals surface area contributed by atoms with Gasteiger partial charge in [-0.15, -0.1) is 0 Å². The number of nitrogens with one attached hydrogen (secondary N) is 2. The van der Waals surface area contributed by atoms with E-state index in [1.807, 2.05) is 0 Å².